The zero-order chi connectivity index (χ0) is 11.9. The molecule has 2 fully saturated rings. The van der Waals surface area contributed by atoms with Gasteiger partial charge in [0.25, 0.3) is 0 Å². The predicted molar refractivity (Wildman–Crippen MR) is 67.0 cm³/mol. The second-order valence-corrected chi connectivity index (χ2v) is 5.09. The molecule has 1 heterocycles. The summed E-state index contributed by atoms with van der Waals surface area (Å²) in [6, 6.07) is 0. The number of ether oxygens (including phenoxy) is 1. The monoisotopic (exact) mass is 240 g/mol. The molecule has 2 aliphatic rings. The van der Waals surface area contributed by atoms with Crippen LogP contribution in [-0.4, -0.2) is 43.3 Å². The quantitative estimate of drug-likeness (QED) is 0.763. The van der Waals surface area contributed by atoms with Crippen molar-refractivity contribution in [3.8, 4) is 0 Å². The van der Waals surface area contributed by atoms with Crippen LogP contribution in [0.25, 0.3) is 0 Å². The van der Waals surface area contributed by atoms with Gasteiger partial charge in [-0.2, -0.15) is 0 Å². The van der Waals surface area contributed by atoms with Crippen molar-refractivity contribution < 1.29 is 9.53 Å². The van der Waals surface area contributed by atoms with Crippen LogP contribution < -0.4 is 5.32 Å². The Hall–Kier alpha value is -0.770. The molecule has 98 valence electrons. The van der Waals surface area contributed by atoms with Crippen molar-refractivity contribution in [2.24, 2.45) is 0 Å². The molecule has 4 heteroatoms. The zero-order valence-corrected chi connectivity index (χ0v) is 10.6. The van der Waals surface area contributed by atoms with Gasteiger partial charge in [0, 0.05) is 26.2 Å². The van der Waals surface area contributed by atoms with E-state index in [0.29, 0.717) is 0 Å². The van der Waals surface area contributed by atoms with E-state index >= 15 is 0 Å². The second-order valence-electron chi connectivity index (χ2n) is 5.09. The fourth-order valence-corrected chi connectivity index (χ4v) is 2.60. The predicted octanol–water partition coefficient (Wildman–Crippen LogP) is 2.14. The minimum atomic E-state index is -0.0999. The maximum atomic E-state index is 11.9. The fraction of sp³-hybridized carbons (Fsp3) is 0.923. The molecule has 1 N–H and O–H groups in total. The molecule has 0 unspecified atom stereocenters. The Morgan fingerprint density at radius 2 is 1.59 bits per heavy atom. The highest BCUT2D eigenvalue weighted by molar-refractivity contribution is 5.68. The topological polar surface area (TPSA) is 41.6 Å². The molecule has 0 spiro atoms. The molecule has 0 radical (unpaired) electrons. The van der Waals surface area contributed by atoms with Crippen molar-refractivity contribution in [3.63, 3.8) is 0 Å². The molecule has 0 aromatic carbocycles. The summed E-state index contributed by atoms with van der Waals surface area (Å²) < 4.78 is 5.63. The Balaban J connectivity index is 1.75. The first kappa shape index (κ1) is 12.7. The molecular formula is C13H24N2O2. The van der Waals surface area contributed by atoms with Crippen LogP contribution in [-0.2, 0) is 4.74 Å². The number of hydrogen-bond acceptors (Lipinski definition) is 3. The smallest absolute Gasteiger partial charge is 0.410 e. The third-order valence-corrected chi connectivity index (χ3v) is 3.69. The average Bonchev–Trinajstić information content (AvgIpc) is 2.33. The molecule has 1 saturated heterocycles. The normalized spacial score (nSPS) is 23.9. The van der Waals surface area contributed by atoms with E-state index < -0.39 is 0 Å². The summed E-state index contributed by atoms with van der Waals surface area (Å²) in [4.78, 5) is 13.8. The summed E-state index contributed by atoms with van der Waals surface area (Å²) in [6.45, 7) is 3.34. The first-order valence-electron chi connectivity index (χ1n) is 7.02. The second kappa shape index (κ2) is 6.84. The minimum Gasteiger partial charge on any atom is -0.446 e. The summed E-state index contributed by atoms with van der Waals surface area (Å²) in [5.74, 6) is 0. The molecule has 0 aromatic heterocycles. The minimum absolute atomic E-state index is 0.0999. The van der Waals surface area contributed by atoms with E-state index in [0.717, 1.165) is 39.0 Å². The van der Waals surface area contributed by atoms with Crippen molar-refractivity contribution in [2.75, 3.05) is 26.2 Å². The van der Waals surface area contributed by atoms with Crippen LogP contribution in [0, 0.1) is 0 Å². The van der Waals surface area contributed by atoms with E-state index in [-0.39, 0.29) is 12.2 Å². The van der Waals surface area contributed by atoms with Gasteiger partial charge in [-0.3, -0.25) is 0 Å². The van der Waals surface area contributed by atoms with Gasteiger partial charge in [0.2, 0.25) is 0 Å². The Bertz CT molecular complexity index is 232. The van der Waals surface area contributed by atoms with Crippen LogP contribution >= 0.6 is 0 Å². The average molecular weight is 240 g/mol. The van der Waals surface area contributed by atoms with Crippen LogP contribution in [0.15, 0.2) is 0 Å². The highest BCUT2D eigenvalue weighted by atomic mass is 16.6. The Labute approximate surface area is 104 Å². The zero-order valence-electron chi connectivity index (χ0n) is 10.6. The summed E-state index contributed by atoms with van der Waals surface area (Å²) in [7, 11) is 0. The molecule has 2 rings (SSSR count). The highest BCUT2D eigenvalue weighted by Gasteiger charge is 2.21. The molecule has 1 aliphatic heterocycles. The van der Waals surface area contributed by atoms with Crippen LogP contribution in [0.4, 0.5) is 4.79 Å². The van der Waals surface area contributed by atoms with Gasteiger partial charge in [-0.05, 0) is 25.7 Å². The maximum absolute atomic E-state index is 11.9. The van der Waals surface area contributed by atoms with Gasteiger partial charge in [0.15, 0.2) is 0 Å². The lowest BCUT2D eigenvalue weighted by atomic mass is 9.99. The summed E-state index contributed by atoms with van der Waals surface area (Å²) >= 11 is 0. The van der Waals surface area contributed by atoms with Gasteiger partial charge in [-0.15, -0.1) is 0 Å². The molecule has 0 bridgehead atoms. The third kappa shape index (κ3) is 4.19. The lowest BCUT2D eigenvalue weighted by Crippen LogP contribution is -2.47. The molecular weight excluding hydrogens is 216 g/mol. The Kier molecular flexibility index (Phi) is 5.10. The van der Waals surface area contributed by atoms with E-state index in [1.165, 1.54) is 32.1 Å². The van der Waals surface area contributed by atoms with Crippen molar-refractivity contribution in [2.45, 2.75) is 51.0 Å². The van der Waals surface area contributed by atoms with E-state index in [2.05, 4.69) is 5.32 Å². The SMILES string of the molecule is O=C(OC1CCCCCCC1)N1CCNCC1. The number of carbonyl (C=O) groups is 1. The number of nitrogens with zero attached hydrogens (tertiary/aromatic N) is 1. The number of carbonyl (C=O) groups excluding carboxylic acids is 1. The highest BCUT2D eigenvalue weighted by Crippen LogP contribution is 2.20. The number of rotatable bonds is 1. The van der Waals surface area contributed by atoms with Crippen LogP contribution in [0.5, 0.6) is 0 Å². The molecule has 1 saturated carbocycles. The van der Waals surface area contributed by atoms with Crippen LogP contribution in [0.2, 0.25) is 0 Å². The van der Waals surface area contributed by atoms with Crippen molar-refractivity contribution >= 4 is 6.09 Å². The lowest BCUT2D eigenvalue weighted by molar-refractivity contribution is 0.0480. The molecule has 1 aliphatic carbocycles. The molecule has 0 atom stereocenters. The standard InChI is InChI=1S/C13H24N2O2/c16-13(15-10-8-14-9-11-15)17-12-6-4-2-1-3-5-7-12/h12,14H,1-11H2. The summed E-state index contributed by atoms with van der Waals surface area (Å²) in [6.07, 6.45) is 8.52. The Morgan fingerprint density at radius 1 is 1.00 bits per heavy atom. The fourth-order valence-electron chi connectivity index (χ4n) is 2.60. The van der Waals surface area contributed by atoms with Crippen LogP contribution in [0.1, 0.15) is 44.9 Å². The van der Waals surface area contributed by atoms with E-state index in [9.17, 15) is 4.79 Å². The number of hydrogen-bond donors (Lipinski definition) is 1. The largest absolute Gasteiger partial charge is 0.446 e. The molecule has 0 aromatic rings. The molecule has 1 amide bonds. The number of amides is 1. The van der Waals surface area contributed by atoms with E-state index in [4.69, 9.17) is 4.74 Å². The van der Waals surface area contributed by atoms with Gasteiger partial charge in [0.05, 0.1) is 0 Å². The number of nitrogens with one attached hydrogen (secondary N) is 1. The summed E-state index contributed by atoms with van der Waals surface area (Å²) in [5.41, 5.74) is 0. The van der Waals surface area contributed by atoms with Gasteiger partial charge in [-0.25, -0.2) is 4.79 Å². The first-order chi connectivity index (χ1) is 8.36. The van der Waals surface area contributed by atoms with Crippen LogP contribution in [0.3, 0.4) is 0 Å². The van der Waals surface area contributed by atoms with E-state index in [1.807, 2.05) is 4.90 Å². The van der Waals surface area contributed by atoms with Crippen molar-refractivity contribution in [1.82, 2.24) is 10.2 Å². The van der Waals surface area contributed by atoms with Crippen molar-refractivity contribution in [1.29, 1.82) is 0 Å². The number of piperazine rings is 1. The maximum Gasteiger partial charge on any atom is 0.410 e. The third-order valence-electron chi connectivity index (χ3n) is 3.69. The first-order valence-corrected chi connectivity index (χ1v) is 7.02. The summed E-state index contributed by atoms with van der Waals surface area (Å²) in [5, 5.41) is 3.24. The van der Waals surface area contributed by atoms with Crippen molar-refractivity contribution in [3.05, 3.63) is 0 Å². The van der Waals surface area contributed by atoms with Gasteiger partial charge >= 0.3 is 6.09 Å². The Morgan fingerprint density at radius 3 is 2.24 bits per heavy atom. The van der Waals surface area contributed by atoms with E-state index in [1.54, 1.807) is 0 Å². The van der Waals surface area contributed by atoms with Gasteiger partial charge in [-0.1, -0.05) is 19.3 Å². The lowest BCUT2D eigenvalue weighted by Gasteiger charge is -2.29. The molecule has 17 heavy (non-hydrogen) atoms. The van der Waals surface area contributed by atoms with Gasteiger partial charge in [0.1, 0.15) is 6.10 Å². The molecule has 4 nitrogen and oxygen atoms in total. The van der Waals surface area contributed by atoms with Gasteiger partial charge < -0.3 is 15.0 Å².